The van der Waals surface area contributed by atoms with E-state index in [-0.39, 0.29) is 5.82 Å². The van der Waals surface area contributed by atoms with Crippen molar-refractivity contribution in [1.29, 1.82) is 0 Å². The first-order chi connectivity index (χ1) is 10.6. The smallest absolute Gasteiger partial charge is 0.265 e. The molecule has 0 atom stereocenters. The molecule has 3 rings (SSSR count). The molecule has 0 fully saturated rings. The first-order valence-corrected chi connectivity index (χ1v) is 6.58. The molecule has 0 aliphatic heterocycles. The van der Waals surface area contributed by atoms with E-state index in [0.29, 0.717) is 5.78 Å². The topological polar surface area (TPSA) is 97.4 Å². The third-order valence-electron chi connectivity index (χ3n) is 2.91. The Morgan fingerprint density at radius 3 is 2.82 bits per heavy atom. The van der Waals surface area contributed by atoms with Gasteiger partial charge in [-0.1, -0.05) is 0 Å². The molecule has 0 aliphatic rings. The molecule has 0 bridgehead atoms. The second-order valence-electron chi connectivity index (χ2n) is 4.67. The maximum Gasteiger partial charge on any atom is 0.311 e. The molecular formula is C14H13N7O. The monoisotopic (exact) mass is 295 g/mol. The second-order valence-corrected chi connectivity index (χ2v) is 4.67. The number of hydrogen-bond donors (Lipinski definition) is 1. The van der Waals surface area contributed by atoms with Gasteiger partial charge in [0.25, 0.3) is 5.78 Å². The van der Waals surface area contributed by atoms with Crippen molar-refractivity contribution in [3.8, 4) is 0 Å². The van der Waals surface area contributed by atoms with Gasteiger partial charge in [-0.15, -0.1) is 5.10 Å². The SMILES string of the molecule is Cc1cc(C)n2nc(C(=O)N/N=C\c3ccncc3)nc2n1. The lowest BCUT2D eigenvalue weighted by atomic mass is 10.3. The van der Waals surface area contributed by atoms with Crippen LogP contribution in [0.15, 0.2) is 35.7 Å². The molecule has 1 N–H and O–H groups in total. The number of fused-ring (bicyclic) bond motifs is 1. The number of nitrogens with one attached hydrogen (secondary N) is 1. The number of hydrazone groups is 1. The Labute approximate surface area is 125 Å². The summed E-state index contributed by atoms with van der Waals surface area (Å²) in [6.07, 6.45) is 4.80. The van der Waals surface area contributed by atoms with E-state index in [4.69, 9.17) is 0 Å². The molecule has 8 heteroatoms. The van der Waals surface area contributed by atoms with E-state index in [1.54, 1.807) is 24.5 Å². The second kappa shape index (κ2) is 5.68. The average Bonchev–Trinajstić information content (AvgIpc) is 2.92. The molecule has 0 saturated heterocycles. The highest BCUT2D eigenvalue weighted by Gasteiger charge is 2.14. The van der Waals surface area contributed by atoms with E-state index >= 15 is 0 Å². The van der Waals surface area contributed by atoms with Gasteiger partial charge in [0.15, 0.2) is 0 Å². The normalized spacial score (nSPS) is 11.2. The molecule has 0 saturated carbocycles. The minimum Gasteiger partial charge on any atom is -0.265 e. The van der Waals surface area contributed by atoms with Crippen molar-refractivity contribution in [1.82, 2.24) is 30.0 Å². The van der Waals surface area contributed by atoms with E-state index in [1.165, 1.54) is 10.7 Å². The van der Waals surface area contributed by atoms with Crippen LogP contribution in [0.1, 0.15) is 27.6 Å². The number of rotatable bonds is 3. The maximum atomic E-state index is 12.0. The zero-order chi connectivity index (χ0) is 15.5. The fourth-order valence-electron chi connectivity index (χ4n) is 1.93. The van der Waals surface area contributed by atoms with E-state index in [9.17, 15) is 4.79 Å². The first-order valence-electron chi connectivity index (χ1n) is 6.58. The molecule has 1 amide bonds. The highest BCUT2D eigenvalue weighted by atomic mass is 16.2. The Morgan fingerprint density at radius 2 is 2.05 bits per heavy atom. The average molecular weight is 295 g/mol. The van der Waals surface area contributed by atoms with Crippen LogP contribution in [0.2, 0.25) is 0 Å². The van der Waals surface area contributed by atoms with Crippen LogP contribution in [0, 0.1) is 13.8 Å². The van der Waals surface area contributed by atoms with Gasteiger partial charge in [-0.05, 0) is 37.6 Å². The molecule has 110 valence electrons. The van der Waals surface area contributed by atoms with Gasteiger partial charge >= 0.3 is 5.91 Å². The fourth-order valence-corrected chi connectivity index (χ4v) is 1.93. The highest BCUT2D eigenvalue weighted by Crippen LogP contribution is 2.05. The Bertz CT molecular complexity index is 854. The number of aryl methyl sites for hydroxylation is 2. The van der Waals surface area contributed by atoms with E-state index in [1.807, 2.05) is 19.9 Å². The summed E-state index contributed by atoms with van der Waals surface area (Å²) in [5.41, 5.74) is 4.89. The van der Waals surface area contributed by atoms with E-state index in [2.05, 4.69) is 30.6 Å². The van der Waals surface area contributed by atoms with E-state index in [0.717, 1.165) is 17.0 Å². The lowest BCUT2D eigenvalue weighted by Gasteiger charge is -1.97. The lowest BCUT2D eigenvalue weighted by Crippen LogP contribution is -2.19. The Hall–Kier alpha value is -3.16. The van der Waals surface area contributed by atoms with Gasteiger partial charge in [-0.25, -0.2) is 14.9 Å². The standard InChI is InChI=1S/C14H13N7O/c1-9-7-10(2)21-14(17-9)18-12(20-21)13(22)19-16-8-11-3-5-15-6-4-11/h3-8H,1-2H3,(H,19,22)/b16-8-. The molecule has 0 aliphatic carbocycles. The van der Waals surface area contributed by atoms with Crippen molar-refractivity contribution in [2.45, 2.75) is 13.8 Å². The minimum atomic E-state index is -0.493. The molecule has 3 aromatic rings. The highest BCUT2D eigenvalue weighted by molar-refractivity contribution is 5.91. The molecule has 0 aromatic carbocycles. The molecule has 0 spiro atoms. The van der Waals surface area contributed by atoms with Crippen LogP contribution in [-0.2, 0) is 0 Å². The molecule has 8 nitrogen and oxygen atoms in total. The van der Waals surface area contributed by atoms with Gasteiger partial charge in [0.2, 0.25) is 5.82 Å². The van der Waals surface area contributed by atoms with Gasteiger partial charge in [-0.2, -0.15) is 10.1 Å². The summed E-state index contributed by atoms with van der Waals surface area (Å²) in [6, 6.07) is 5.41. The van der Waals surface area contributed by atoms with E-state index < -0.39 is 5.91 Å². The van der Waals surface area contributed by atoms with Crippen molar-refractivity contribution >= 4 is 17.9 Å². The summed E-state index contributed by atoms with van der Waals surface area (Å²) in [5, 5.41) is 7.99. The minimum absolute atomic E-state index is 0.0214. The summed E-state index contributed by atoms with van der Waals surface area (Å²) in [6.45, 7) is 3.74. The number of nitrogens with zero attached hydrogens (tertiary/aromatic N) is 6. The van der Waals surface area contributed by atoms with Gasteiger partial charge in [0, 0.05) is 23.8 Å². The van der Waals surface area contributed by atoms with Crippen LogP contribution in [0.5, 0.6) is 0 Å². The van der Waals surface area contributed by atoms with Gasteiger partial charge in [0.1, 0.15) is 0 Å². The number of hydrogen-bond acceptors (Lipinski definition) is 6. The van der Waals surface area contributed by atoms with Crippen molar-refractivity contribution < 1.29 is 4.79 Å². The third-order valence-corrected chi connectivity index (χ3v) is 2.91. The van der Waals surface area contributed by atoms with Crippen LogP contribution in [0.25, 0.3) is 5.78 Å². The van der Waals surface area contributed by atoms with Crippen molar-refractivity contribution in [2.24, 2.45) is 5.10 Å². The quantitative estimate of drug-likeness (QED) is 0.572. The van der Waals surface area contributed by atoms with Crippen LogP contribution < -0.4 is 5.43 Å². The van der Waals surface area contributed by atoms with Crippen molar-refractivity contribution in [2.75, 3.05) is 0 Å². The molecule has 3 aromatic heterocycles. The Balaban J connectivity index is 1.78. The predicted molar refractivity (Wildman–Crippen MR) is 79.6 cm³/mol. The number of carbonyl (C=O) groups excluding carboxylic acids is 1. The predicted octanol–water partition coefficient (Wildman–Crippen LogP) is 0.900. The third kappa shape index (κ3) is 2.80. The van der Waals surface area contributed by atoms with Crippen molar-refractivity contribution in [3.05, 3.63) is 53.4 Å². The maximum absolute atomic E-state index is 12.0. The van der Waals surface area contributed by atoms with Gasteiger partial charge in [-0.3, -0.25) is 9.78 Å². The van der Waals surface area contributed by atoms with Crippen LogP contribution in [0.4, 0.5) is 0 Å². The van der Waals surface area contributed by atoms with Crippen LogP contribution >= 0.6 is 0 Å². The molecule has 0 unspecified atom stereocenters. The molecule has 22 heavy (non-hydrogen) atoms. The lowest BCUT2D eigenvalue weighted by molar-refractivity contribution is 0.0945. The summed E-state index contributed by atoms with van der Waals surface area (Å²) < 4.78 is 1.52. The van der Waals surface area contributed by atoms with Gasteiger partial charge < -0.3 is 0 Å². The number of aromatic nitrogens is 5. The number of pyridine rings is 1. The zero-order valence-corrected chi connectivity index (χ0v) is 12.1. The van der Waals surface area contributed by atoms with Crippen LogP contribution in [0.3, 0.4) is 0 Å². The molecule has 0 radical (unpaired) electrons. The number of carbonyl (C=O) groups is 1. The summed E-state index contributed by atoms with van der Waals surface area (Å²) in [5.74, 6) is -0.0818. The van der Waals surface area contributed by atoms with Gasteiger partial charge in [0.05, 0.1) is 6.21 Å². The largest absolute Gasteiger partial charge is 0.311 e. The fraction of sp³-hybridized carbons (Fsp3) is 0.143. The first kappa shape index (κ1) is 13.8. The Morgan fingerprint density at radius 1 is 1.27 bits per heavy atom. The molecule has 3 heterocycles. The summed E-state index contributed by atoms with van der Waals surface area (Å²) in [7, 11) is 0. The summed E-state index contributed by atoms with van der Waals surface area (Å²) >= 11 is 0. The summed E-state index contributed by atoms with van der Waals surface area (Å²) in [4.78, 5) is 24.2. The zero-order valence-electron chi connectivity index (χ0n) is 12.1. The Kier molecular flexibility index (Phi) is 3.57. The van der Waals surface area contributed by atoms with Crippen LogP contribution in [-0.4, -0.2) is 36.7 Å². The van der Waals surface area contributed by atoms with Crippen molar-refractivity contribution in [3.63, 3.8) is 0 Å². The molecular weight excluding hydrogens is 282 g/mol. The number of amides is 1.